The van der Waals surface area contributed by atoms with Gasteiger partial charge in [-0.15, -0.1) is 5.10 Å². The molecule has 13 heteroatoms. The summed E-state index contributed by atoms with van der Waals surface area (Å²) in [4.78, 5) is 15.3. The Morgan fingerprint density at radius 3 is 2.72 bits per heavy atom. The fraction of sp³-hybridized carbons (Fsp3) is 0.312. The second-order valence-electron chi connectivity index (χ2n) is 6.48. The number of nitrogens with one attached hydrogen (secondary N) is 1. The Balaban J connectivity index is 1.28. The minimum atomic E-state index is -3.81. The van der Waals surface area contributed by atoms with Crippen LogP contribution in [0.25, 0.3) is 0 Å². The molecular weight excluding hydrogens is 420 g/mol. The average Bonchev–Trinajstić information content (AvgIpc) is 3.32. The summed E-state index contributed by atoms with van der Waals surface area (Å²) in [5, 5.41) is 16.5. The largest absolute Gasteiger partial charge is 0.337 e. The van der Waals surface area contributed by atoms with E-state index in [4.69, 9.17) is 11.6 Å². The summed E-state index contributed by atoms with van der Waals surface area (Å²) < 4.78 is 28.5. The minimum Gasteiger partial charge on any atom is -0.337 e. The number of rotatable bonds is 7. The number of nitrogens with zero attached hydrogens (tertiary/aromatic N) is 7. The number of hydrogen-bond acceptors (Lipinski definition) is 7. The molecule has 1 saturated heterocycles. The Labute approximate surface area is 171 Å². The number of halogens is 1. The molecule has 2 aromatic heterocycles. The van der Waals surface area contributed by atoms with Gasteiger partial charge in [-0.1, -0.05) is 22.9 Å². The molecule has 3 aromatic rings. The zero-order valence-corrected chi connectivity index (χ0v) is 16.7. The second kappa shape index (κ2) is 7.89. The van der Waals surface area contributed by atoms with E-state index in [9.17, 15) is 13.2 Å². The molecule has 0 saturated carbocycles. The number of benzene rings is 1. The van der Waals surface area contributed by atoms with Crippen molar-refractivity contribution < 1.29 is 13.2 Å². The molecule has 0 radical (unpaired) electrons. The highest BCUT2D eigenvalue weighted by molar-refractivity contribution is 7.89. The molecule has 0 atom stereocenters. The maximum absolute atomic E-state index is 12.3. The van der Waals surface area contributed by atoms with Gasteiger partial charge in [0.05, 0.1) is 36.1 Å². The normalized spacial score (nSPS) is 14.7. The molecule has 11 nitrogen and oxygen atoms in total. The van der Waals surface area contributed by atoms with Crippen molar-refractivity contribution in [2.45, 2.75) is 17.5 Å². The molecule has 1 fully saturated rings. The lowest BCUT2D eigenvalue weighted by Crippen LogP contribution is -2.53. The van der Waals surface area contributed by atoms with Gasteiger partial charge in [0.1, 0.15) is 12.2 Å². The van der Waals surface area contributed by atoms with E-state index in [0.717, 1.165) is 0 Å². The fourth-order valence-electron chi connectivity index (χ4n) is 2.85. The third kappa shape index (κ3) is 4.44. The van der Waals surface area contributed by atoms with Crippen molar-refractivity contribution in [2.75, 3.05) is 19.6 Å². The molecular formula is C16H17ClN8O3S. The Bertz CT molecular complexity index is 1110. The lowest BCUT2D eigenvalue weighted by molar-refractivity contribution is -0.135. The summed E-state index contributed by atoms with van der Waals surface area (Å²) in [6.45, 7) is 0.948. The van der Waals surface area contributed by atoms with Gasteiger partial charge in [-0.3, -0.25) is 4.79 Å². The van der Waals surface area contributed by atoms with E-state index < -0.39 is 10.0 Å². The molecule has 1 amide bonds. The van der Waals surface area contributed by atoms with E-state index in [1.165, 1.54) is 23.0 Å². The van der Waals surface area contributed by atoms with Crippen molar-refractivity contribution in [3.8, 4) is 0 Å². The number of carbonyl (C=O) groups is 1. The Kier molecular flexibility index (Phi) is 5.30. The number of hydrogen-bond donors (Lipinski definition) is 1. The number of aromatic nitrogens is 6. The highest BCUT2D eigenvalue weighted by atomic mass is 35.5. The Morgan fingerprint density at radius 1 is 1.24 bits per heavy atom. The van der Waals surface area contributed by atoms with Crippen LogP contribution in [0, 0.1) is 0 Å². The summed E-state index contributed by atoms with van der Waals surface area (Å²) in [5.74, 6) is -0.312. The third-order valence-electron chi connectivity index (χ3n) is 4.44. The summed E-state index contributed by atoms with van der Waals surface area (Å²) in [5.41, 5.74) is 0.709. The van der Waals surface area contributed by atoms with E-state index in [1.807, 2.05) is 0 Å². The van der Waals surface area contributed by atoms with Crippen LogP contribution in [0.5, 0.6) is 0 Å². The lowest BCUT2D eigenvalue weighted by Gasteiger charge is -2.38. The molecule has 1 N–H and O–H groups in total. The number of sulfonamides is 1. The fourth-order valence-corrected chi connectivity index (χ4v) is 4.12. The molecule has 3 heterocycles. The minimum absolute atomic E-state index is 0.00434. The standard InChI is InChI=1S/C16H17ClN8O3S/c17-12-2-1-3-15(6-12)29(27,28)20-7-16(26)23-10-14(11-23)24-8-13(21-22-24)9-25-18-4-5-19-25/h1-6,8,14,20H,7,9-11H2. The van der Waals surface area contributed by atoms with Crippen molar-refractivity contribution in [3.05, 3.63) is 53.6 Å². The van der Waals surface area contributed by atoms with Gasteiger partial charge < -0.3 is 4.90 Å². The molecule has 0 spiro atoms. The topological polar surface area (TPSA) is 128 Å². The SMILES string of the molecule is O=C(CNS(=O)(=O)c1cccc(Cl)c1)N1CC(n2cc(Cn3nccn3)nn2)C1. The van der Waals surface area contributed by atoms with Gasteiger partial charge in [0.15, 0.2) is 0 Å². The molecule has 29 heavy (non-hydrogen) atoms. The molecule has 0 bridgehead atoms. The second-order valence-corrected chi connectivity index (χ2v) is 8.69. The van der Waals surface area contributed by atoms with Crippen LogP contribution < -0.4 is 4.72 Å². The third-order valence-corrected chi connectivity index (χ3v) is 6.07. The lowest BCUT2D eigenvalue weighted by atomic mass is 10.1. The van der Waals surface area contributed by atoms with Gasteiger partial charge in [-0.05, 0) is 18.2 Å². The molecule has 1 aliphatic heterocycles. The first-order valence-corrected chi connectivity index (χ1v) is 10.5. The van der Waals surface area contributed by atoms with E-state index in [-0.39, 0.29) is 23.4 Å². The van der Waals surface area contributed by atoms with Crippen LogP contribution in [0.4, 0.5) is 0 Å². The van der Waals surface area contributed by atoms with Crippen LogP contribution in [0.3, 0.4) is 0 Å². The molecule has 1 aromatic carbocycles. The van der Waals surface area contributed by atoms with Crippen LogP contribution in [0.2, 0.25) is 5.02 Å². The average molecular weight is 437 g/mol. The molecule has 152 valence electrons. The van der Waals surface area contributed by atoms with E-state index in [2.05, 4.69) is 25.2 Å². The van der Waals surface area contributed by atoms with Gasteiger partial charge in [0, 0.05) is 18.1 Å². The first-order chi connectivity index (χ1) is 13.9. The van der Waals surface area contributed by atoms with Crippen LogP contribution >= 0.6 is 11.6 Å². The maximum Gasteiger partial charge on any atom is 0.241 e. The zero-order valence-electron chi connectivity index (χ0n) is 15.1. The van der Waals surface area contributed by atoms with Crippen molar-refractivity contribution in [2.24, 2.45) is 0 Å². The van der Waals surface area contributed by atoms with Crippen LogP contribution in [-0.4, -0.2) is 68.8 Å². The quantitative estimate of drug-likeness (QED) is 0.549. The van der Waals surface area contributed by atoms with Crippen molar-refractivity contribution in [1.82, 2.24) is 39.6 Å². The summed E-state index contributed by atoms with van der Waals surface area (Å²) in [7, 11) is -3.81. The maximum atomic E-state index is 12.3. The van der Waals surface area contributed by atoms with Gasteiger partial charge in [0.25, 0.3) is 0 Å². The Morgan fingerprint density at radius 2 is 2.00 bits per heavy atom. The van der Waals surface area contributed by atoms with Crippen LogP contribution in [-0.2, 0) is 21.4 Å². The smallest absolute Gasteiger partial charge is 0.241 e. The molecule has 1 aliphatic rings. The van der Waals surface area contributed by atoms with Crippen LogP contribution in [0.1, 0.15) is 11.7 Å². The summed E-state index contributed by atoms with van der Waals surface area (Å²) in [6, 6.07) is 5.85. The molecule has 0 unspecified atom stereocenters. The summed E-state index contributed by atoms with van der Waals surface area (Å²) >= 11 is 5.82. The van der Waals surface area contributed by atoms with Crippen molar-refractivity contribution in [1.29, 1.82) is 0 Å². The first-order valence-electron chi connectivity index (χ1n) is 8.68. The van der Waals surface area contributed by atoms with Crippen molar-refractivity contribution in [3.63, 3.8) is 0 Å². The number of amides is 1. The van der Waals surface area contributed by atoms with Gasteiger partial charge >= 0.3 is 0 Å². The predicted molar refractivity (Wildman–Crippen MR) is 101 cm³/mol. The van der Waals surface area contributed by atoms with Crippen molar-refractivity contribution >= 4 is 27.5 Å². The van der Waals surface area contributed by atoms with E-state index in [1.54, 1.807) is 34.2 Å². The van der Waals surface area contributed by atoms with Crippen LogP contribution in [0.15, 0.2) is 47.8 Å². The highest BCUT2D eigenvalue weighted by Gasteiger charge is 2.33. The van der Waals surface area contributed by atoms with Gasteiger partial charge in [-0.2, -0.15) is 15.0 Å². The zero-order chi connectivity index (χ0) is 20.4. The monoisotopic (exact) mass is 436 g/mol. The van der Waals surface area contributed by atoms with E-state index >= 15 is 0 Å². The molecule has 0 aliphatic carbocycles. The number of carbonyl (C=O) groups excluding carboxylic acids is 1. The first kappa shape index (κ1) is 19.5. The molecule has 4 rings (SSSR count). The number of likely N-dealkylation sites (tertiary alicyclic amines) is 1. The van der Waals surface area contributed by atoms with Gasteiger partial charge in [0.2, 0.25) is 15.9 Å². The summed E-state index contributed by atoms with van der Waals surface area (Å²) in [6.07, 6.45) is 4.96. The Hall–Kier alpha value is -2.83. The van der Waals surface area contributed by atoms with Gasteiger partial charge in [-0.25, -0.2) is 17.8 Å². The predicted octanol–water partition coefficient (Wildman–Crippen LogP) is -0.0669. The highest BCUT2D eigenvalue weighted by Crippen LogP contribution is 2.20. The van der Waals surface area contributed by atoms with E-state index in [0.29, 0.717) is 30.4 Å².